The van der Waals surface area contributed by atoms with Gasteiger partial charge in [-0.3, -0.25) is 25.2 Å². The zero-order valence-corrected chi connectivity index (χ0v) is 15.7. The van der Waals surface area contributed by atoms with E-state index in [-0.39, 0.29) is 15.5 Å². The fourth-order valence-corrected chi connectivity index (χ4v) is 4.26. The van der Waals surface area contributed by atoms with Crippen molar-refractivity contribution in [2.24, 2.45) is 0 Å². The fraction of sp³-hybridized carbons (Fsp3) is 0.0588. The molecule has 27 heavy (non-hydrogen) atoms. The van der Waals surface area contributed by atoms with Crippen LogP contribution in [-0.4, -0.2) is 20.2 Å². The zero-order valence-electron chi connectivity index (χ0n) is 14.1. The van der Waals surface area contributed by atoms with Crippen molar-refractivity contribution in [3.05, 3.63) is 71.0 Å². The van der Waals surface area contributed by atoms with Gasteiger partial charge < -0.3 is 4.42 Å². The van der Waals surface area contributed by atoms with Gasteiger partial charge in [0.2, 0.25) is 0 Å². The van der Waals surface area contributed by atoms with Crippen LogP contribution in [0.25, 0.3) is 0 Å². The van der Waals surface area contributed by atoms with E-state index >= 15 is 0 Å². The number of hydrogen-bond acceptors (Lipinski definition) is 6. The first-order valence-electron chi connectivity index (χ1n) is 7.68. The largest absolute Gasteiger partial charge is 0.469 e. The molecule has 2 heterocycles. The van der Waals surface area contributed by atoms with E-state index in [2.05, 4.69) is 15.6 Å². The second kappa shape index (κ2) is 7.64. The van der Waals surface area contributed by atoms with Gasteiger partial charge in [-0.05, 0) is 42.6 Å². The van der Waals surface area contributed by atoms with Crippen LogP contribution in [0.15, 0.2) is 62.7 Å². The summed E-state index contributed by atoms with van der Waals surface area (Å²) in [7, 11) is -3.72. The van der Waals surface area contributed by atoms with Gasteiger partial charge in [0.1, 0.15) is 9.97 Å². The molecule has 0 saturated carbocycles. The van der Waals surface area contributed by atoms with Crippen LogP contribution in [0.4, 0.5) is 5.69 Å². The van der Waals surface area contributed by atoms with Gasteiger partial charge in [-0.25, -0.2) is 8.42 Å². The Labute approximate surface area is 159 Å². The number of carbonyl (C=O) groups excluding carboxylic acids is 2. The number of anilines is 1. The average molecular weight is 405 g/mol. The number of thiophene rings is 1. The summed E-state index contributed by atoms with van der Waals surface area (Å²) >= 11 is 1.09. The van der Waals surface area contributed by atoms with Crippen LogP contribution in [0.1, 0.15) is 26.5 Å². The first-order chi connectivity index (χ1) is 12.9. The molecule has 0 radical (unpaired) electrons. The Morgan fingerprint density at radius 2 is 1.81 bits per heavy atom. The lowest BCUT2D eigenvalue weighted by Gasteiger charge is -2.09. The molecule has 0 unspecified atom stereocenters. The van der Waals surface area contributed by atoms with Crippen molar-refractivity contribution in [3.63, 3.8) is 0 Å². The third-order valence-electron chi connectivity index (χ3n) is 3.53. The summed E-state index contributed by atoms with van der Waals surface area (Å²) in [5, 5.41) is 1.66. The van der Waals surface area contributed by atoms with Gasteiger partial charge >= 0.3 is 0 Å². The zero-order chi connectivity index (χ0) is 19.4. The average Bonchev–Trinajstić information content (AvgIpc) is 3.31. The van der Waals surface area contributed by atoms with Crippen LogP contribution in [0.2, 0.25) is 0 Å². The molecule has 8 nitrogen and oxygen atoms in total. The number of carbonyl (C=O) groups is 2. The molecule has 3 rings (SSSR count). The maximum absolute atomic E-state index is 12.3. The highest BCUT2D eigenvalue weighted by atomic mass is 32.2. The molecule has 0 fully saturated rings. The Hall–Kier alpha value is -3.11. The number of amides is 2. The summed E-state index contributed by atoms with van der Waals surface area (Å²) in [4.78, 5) is 24.2. The van der Waals surface area contributed by atoms with E-state index < -0.39 is 21.8 Å². The van der Waals surface area contributed by atoms with Crippen molar-refractivity contribution in [3.8, 4) is 0 Å². The summed E-state index contributed by atoms with van der Waals surface area (Å²) in [5.74, 6) is -0.697. The van der Waals surface area contributed by atoms with Crippen molar-refractivity contribution in [2.75, 3.05) is 4.72 Å². The van der Waals surface area contributed by atoms with E-state index in [1.807, 2.05) is 0 Å². The number of hydrazine groups is 1. The van der Waals surface area contributed by atoms with Gasteiger partial charge in [-0.1, -0.05) is 12.1 Å². The molecule has 140 valence electrons. The number of hydrogen-bond donors (Lipinski definition) is 3. The third kappa shape index (κ3) is 4.36. The van der Waals surface area contributed by atoms with E-state index in [0.29, 0.717) is 11.3 Å². The number of aryl methyl sites for hydroxylation is 1. The molecule has 2 amide bonds. The van der Waals surface area contributed by atoms with E-state index in [1.54, 1.807) is 18.4 Å². The molecule has 0 spiro atoms. The number of furan rings is 1. The molecular weight excluding hydrogens is 390 g/mol. The monoisotopic (exact) mass is 405 g/mol. The molecule has 0 bridgehead atoms. The van der Waals surface area contributed by atoms with E-state index in [4.69, 9.17) is 4.42 Å². The van der Waals surface area contributed by atoms with Gasteiger partial charge in [-0.2, -0.15) is 0 Å². The van der Waals surface area contributed by atoms with E-state index in [1.165, 1.54) is 42.7 Å². The quantitative estimate of drug-likeness (QED) is 0.564. The van der Waals surface area contributed by atoms with Crippen LogP contribution < -0.4 is 15.6 Å². The van der Waals surface area contributed by atoms with Crippen molar-refractivity contribution in [2.45, 2.75) is 11.1 Å². The summed E-state index contributed by atoms with van der Waals surface area (Å²) in [6, 6.07) is 10.5. The van der Waals surface area contributed by atoms with Gasteiger partial charge in [0, 0.05) is 11.3 Å². The molecule has 0 aliphatic rings. The Bertz CT molecular complexity index is 1070. The summed E-state index contributed by atoms with van der Waals surface area (Å²) < 4.78 is 32.1. The molecule has 3 N–H and O–H groups in total. The smallest absolute Gasteiger partial charge is 0.273 e. The lowest BCUT2D eigenvalue weighted by molar-refractivity contribution is 0.0845. The van der Waals surface area contributed by atoms with Crippen LogP contribution in [0.3, 0.4) is 0 Å². The van der Waals surface area contributed by atoms with Gasteiger partial charge in [-0.15, -0.1) is 11.3 Å². The highest BCUT2D eigenvalue weighted by Crippen LogP contribution is 2.20. The Morgan fingerprint density at radius 1 is 1.04 bits per heavy atom. The fourth-order valence-electron chi connectivity index (χ4n) is 2.22. The lowest BCUT2D eigenvalue weighted by atomic mass is 10.2. The maximum atomic E-state index is 12.3. The molecule has 10 heteroatoms. The molecule has 0 atom stereocenters. The predicted octanol–water partition coefficient (Wildman–Crippen LogP) is 2.53. The van der Waals surface area contributed by atoms with Gasteiger partial charge in [0.25, 0.3) is 21.8 Å². The third-order valence-corrected chi connectivity index (χ3v) is 6.31. The minimum Gasteiger partial charge on any atom is -0.469 e. The molecule has 1 aromatic carbocycles. The molecule has 2 aromatic heterocycles. The summed E-state index contributed by atoms with van der Waals surface area (Å²) in [6.07, 6.45) is 1.37. The van der Waals surface area contributed by atoms with E-state index in [0.717, 1.165) is 11.3 Å². The first kappa shape index (κ1) is 18.7. The SMILES string of the molecule is Cc1occc1C(=O)NNC(=O)c1cccc(NS(=O)(=O)c2cccs2)c1. The highest BCUT2D eigenvalue weighted by Gasteiger charge is 2.17. The molecular formula is C17H15N3O5S2. The molecule has 0 aliphatic carbocycles. The van der Waals surface area contributed by atoms with Crippen LogP contribution in [0, 0.1) is 6.92 Å². The predicted molar refractivity (Wildman–Crippen MR) is 99.9 cm³/mol. The topological polar surface area (TPSA) is 118 Å². The standard InChI is InChI=1S/C17H15N3O5S2/c1-11-14(7-8-25-11)17(22)19-18-16(21)12-4-2-5-13(10-12)20-27(23,24)15-6-3-9-26-15/h2-10,20H,1H3,(H,18,21)(H,19,22). The van der Waals surface area contributed by atoms with Gasteiger partial charge in [0.15, 0.2) is 0 Å². The van der Waals surface area contributed by atoms with Crippen LogP contribution >= 0.6 is 11.3 Å². The second-order valence-corrected chi connectivity index (χ2v) is 8.27. The van der Waals surface area contributed by atoms with Crippen molar-refractivity contribution >= 4 is 38.9 Å². The molecule has 3 aromatic rings. The van der Waals surface area contributed by atoms with Crippen molar-refractivity contribution in [1.82, 2.24) is 10.9 Å². The number of sulfonamides is 1. The van der Waals surface area contributed by atoms with Gasteiger partial charge in [0.05, 0.1) is 11.8 Å². The molecule has 0 saturated heterocycles. The normalized spacial score (nSPS) is 11.0. The van der Waals surface area contributed by atoms with Crippen molar-refractivity contribution in [1.29, 1.82) is 0 Å². The number of rotatable bonds is 5. The maximum Gasteiger partial charge on any atom is 0.273 e. The Morgan fingerprint density at radius 3 is 2.48 bits per heavy atom. The highest BCUT2D eigenvalue weighted by molar-refractivity contribution is 7.94. The minimum absolute atomic E-state index is 0.167. The summed E-state index contributed by atoms with van der Waals surface area (Å²) in [6.45, 7) is 1.62. The Kier molecular flexibility index (Phi) is 5.28. The minimum atomic E-state index is -3.72. The number of nitrogens with one attached hydrogen (secondary N) is 3. The van der Waals surface area contributed by atoms with Crippen molar-refractivity contribution < 1.29 is 22.4 Å². The lowest BCUT2D eigenvalue weighted by Crippen LogP contribution is -2.41. The van der Waals surface area contributed by atoms with E-state index in [9.17, 15) is 18.0 Å². The van der Waals surface area contributed by atoms with Crippen LogP contribution in [-0.2, 0) is 10.0 Å². The second-order valence-electron chi connectivity index (χ2n) is 5.42. The number of benzene rings is 1. The summed E-state index contributed by atoms with van der Waals surface area (Å²) in [5.41, 5.74) is 5.26. The first-order valence-corrected chi connectivity index (χ1v) is 10.0. The molecule has 0 aliphatic heterocycles. The van der Waals surface area contributed by atoms with Crippen LogP contribution in [0.5, 0.6) is 0 Å². The Balaban J connectivity index is 1.67.